The number of amides is 1. The summed E-state index contributed by atoms with van der Waals surface area (Å²) in [7, 11) is -4.12. The quantitative estimate of drug-likeness (QED) is 0.322. The van der Waals surface area contributed by atoms with Gasteiger partial charge in [0.2, 0.25) is 15.9 Å². The van der Waals surface area contributed by atoms with Gasteiger partial charge in [-0.1, -0.05) is 17.9 Å². The van der Waals surface area contributed by atoms with E-state index in [0.717, 1.165) is 30.3 Å². The second-order valence-electron chi connectivity index (χ2n) is 6.31. The van der Waals surface area contributed by atoms with Gasteiger partial charge < -0.3 is 10.6 Å². The molecule has 0 bridgehead atoms. The molecule has 32 heavy (non-hydrogen) atoms. The highest BCUT2D eigenvalue weighted by Crippen LogP contribution is 2.29. The van der Waals surface area contributed by atoms with Crippen LogP contribution >= 0.6 is 0 Å². The highest BCUT2D eigenvalue weighted by molar-refractivity contribution is 7.89. The van der Waals surface area contributed by atoms with Crippen LogP contribution in [0.5, 0.6) is 0 Å². The molecule has 4 N–H and O–H groups in total. The van der Waals surface area contributed by atoms with E-state index in [-0.39, 0.29) is 30.8 Å². The smallest absolute Gasteiger partial charge is 0.379 e. The van der Waals surface area contributed by atoms with Gasteiger partial charge >= 0.3 is 6.18 Å². The molecule has 0 spiro atoms. The van der Waals surface area contributed by atoms with Crippen molar-refractivity contribution >= 4 is 27.3 Å². The molecule has 0 aromatic heterocycles. The number of halogens is 3. The lowest BCUT2D eigenvalue weighted by Gasteiger charge is -2.08. The fourth-order valence-corrected chi connectivity index (χ4v) is 2.98. The minimum absolute atomic E-state index is 0.000428. The number of nitro groups is 1. The first-order valence-electron chi connectivity index (χ1n) is 8.86. The van der Waals surface area contributed by atoms with E-state index in [0.29, 0.717) is 0 Å². The molecule has 0 fully saturated rings. The molecule has 0 saturated carbocycles. The van der Waals surface area contributed by atoms with Crippen LogP contribution in [0.2, 0.25) is 0 Å². The van der Waals surface area contributed by atoms with Crippen LogP contribution in [0.1, 0.15) is 17.5 Å². The third-order valence-corrected chi connectivity index (χ3v) is 4.87. The number of anilines is 1. The van der Waals surface area contributed by atoms with Crippen LogP contribution in [0.15, 0.2) is 47.4 Å². The van der Waals surface area contributed by atoms with Crippen molar-refractivity contribution in [3.05, 3.63) is 63.7 Å². The van der Waals surface area contributed by atoms with Gasteiger partial charge in [0, 0.05) is 24.6 Å². The molecule has 2 aromatic rings. The van der Waals surface area contributed by atoms with Crippen molar-refractivity contribution < 1.29 is 31.3 Å². The maximum Gasteiger partial charge on any atom is 0.416 e. The van der Waals surface area contributed by atoms with Crippen LogP contribution in [0.3, 0.4) is 0 Å². The molecule has 1 amide bonds. The summed E-state index contributed by atoms with van der Waals surface area (Å²) in [6.45, 7) is -0.124. The predicted molar refractivity (Wildman–Crippen MR) is 109 cm³/mol. The Bertz CT molecular complexity index is 1190. The number of nitrogens with two attached hydrogens (primary N) is 1. The summed E-state index contributed by atoms with van der Waals surface area (Å²) in [6.07, 6.45) is -4.58. The second-order valence-corrected chi connectivity index (χ2v) is 7.88. The highest BCUT2D eigenvalue weighted by atomic mass is 32.2. The number of alkyl halides is 3. The standard InChI is InChI=1S/C19H17F3N4O5S/c20-19(21,22)14-5-1-3-13(11-14)4-2-9-25-18(27)8-10-24-16-7-6-15(32(23,30)31)12-17(16)26(28)29/h1,3,5-7,11-12,24H,8-10H2,(H,25,27)(H2,23,30,31). The van der Waals surface area contributed by atoms with E-state index in [2.05, 4.69) is 22.5 Å². The first kappa shape index (κ1) is 24.6. The first-order valence-corrected chi connectivity index (χ1v) is 10.4. The maximum atomic E-state index is 12.7. The predicted octanol–water partition coefficient (Wildman–Crippen LogP) is 2.23. The minimum Gasteiger partial charge on any atom is -0.379 e. The lowest BCUT2D eigenvalue weighted by atomic mass is 10.1. The Balaban J connectivity index is 1.88. The third kappa shape index (κ3) is 7.25. The van der Waals surface area contributed by atoms with Crippen molar-refractivity contribution in [1.29, 1.82) is 0 Å². The van der Waals surface area contributed by atoms with E-state index in [4.69, 9.17) is 5.14 Å². The zero-order valence-corrected chi connectivity index (χ0v) is 17.1. The number of primary sulfonamides is 1. The minimum atomic E-state index is -4.48. The number of nitro benzene ring substituents is 1. The molecule has 2 rings (SSSR count). The fourth-order valence-electron chi connectivity index (χ4n) is 2.45. The fraction of sp³-hybridized carbons (Fsp3) is 0.211. The molecular formula is C19H17F3N4O5S. The Morgan fingerprint density at radius 2 is 1.91 bits per heavy atom. The van der Waals surface area contributed by atoms with Gasteiger partial charge in [0.15, 0.2) is 0 Å². The van der Waals surface area contributed by atoms with E-state index in [9.17, 15) is 36.5 Å². The van der Waals surface area contributed by atoms with Crippen molar-refractivity contribution in [2.75, 3.05) is 18.4 Å². The molecule has 0 aliphatic rings. The summed E-state index contributed by atoms with van der Waals surface area (Å²) in [4.78, 5) is 21.8. The van der Waals surface area contributed by atoms with Crippen molar-refractivity contribution in [2.45, 2.75) is 17.5 Å². The Kier molecular flexibility index (Phi) is 7.79. The molecule has 0 saturated heterocycles. The van der Waals surface area contributed by atoms with Gasteiger partial charge in [-0.3, -0.25) is 14.9 Å². The first-order chi connectivity index (χ1) is 14.9. The summed E-state index contributed by atoms with van der Waals surface area (Å²) in [5.41, 5.74) is -1.21. The average Bonchev–Trinajstić information content (AvgIpc) is 2.70. The van der Waals surface area contributed by atoms with E-state index in [1.807, 2.05) is 0 Å². The topological polar surface area (TPSA) is 144 Å². The van der Waals surface area contributed by atoms with E-state index < -0.39 is 43.2 Å². The summed E-state index contributed by atoms with van der Waals surface area (Å²) < 4.78 is 60.6. The number of carbonyl (C=O) groups excluding carboxylic acids is 1. The van der Waals surface area contributed by atoms with E-state index in [1.165, 1.54) is 12.1 Å². The van der Waals surface area contributed by atoms with Crippen molar-refractivity contribution in [3.63, 3.8) is 0 Å². The number of hydrogen-bond donors (Lipinski definition) is 3. The number of nitrogens with zero attached hydrogens (tertiary/aromatic N) is 1. The molecule has 2 aromatic carbocycles. The second kappa shape index (κ2) is 10.1. The molecule has 170 valence electrons. The van der Waals surface area contributed by atoms with E-state index in [1.54, 1.807) is 0 Å². The maximum absolute atomic E-state index is 12.7. The van der Waals surface area contributed by atoms with Gasteiger partial charge in [-0.05, 0) is 30.3 Å². The Morgan fingerprint density at radius 1 is 1.19 bits per heavy atom. The number of hydrogen-bond acceptors (Lipinski definition) is 6. The largest absolute Gasteiger partial charge is 0.416 e. The van der Waals surface area contributed by atoms with Gasteiger partial charge in [-0.2, -0.15) is 13.2 Å². The molecular weight excluding hydrogens is 453 g/mol. The summed E-state index contributed by atoms with van der Waals surface area (Å²) >= 11 is 0. The Morgan fingerprint density at radius 3 is 2.53 bits per heavy atom. The Labute approximate surface area is 181 Å². The number of carbonyl (C=O) groups is 1. The molecule has 13 heteroatoms. The summed E-state index contributed by atoms with van der Waals surface area (Å²) in [6, 6.07) is 7.51. The third-order valence-electron chi connectivity index (χ3n) is 3.96. The lowest BCUT2D eigenvalue weighted by molar-refractivity contribution is -0.384. The van der Waals surface area contributed by atoms with Crippen LogP contribution < -0.4 is 15.8 Å². The van der Waals surface area contributed by atoms with Crippen LogP contribution in [-0.4, -0.2) is 32.3 Å². The zero-order chi connectivity index (χ0) is 23.9. The van der Waals surface area contributed by atoms with Crippen molar-refractivity contribution in [3.8, 4) is 11.8 Å². The molecule has 9 nitrogen and oxygen atoms in total. The SMILES string of the molecule is NS(=O)(=O)c1ccc(NCCC(=O)NCC#Cc2cccc(C(F)(F)F)c2)c([N+](=O)[O-])c1. The molecule has 0 radical (unpaired) electrons. The van der Waals surface area contributed by atoms with Gasteiger partial charge in [-0.15, -0.1) is 0 Å². The van der Waals surface area contributed by atoms with Crippen molar-refractivity contribution in [1.82, 2.24) is 5.32 Å². The van der Waals surface area contributed by atoms with Crippen LogP contribution in [0.4, 0.5) is 24.5 Å². The van der Waals surface area contributed by atoms with E-state index >= 15 is 0 Å². The molecule has 0 atom stereocenters. The van der Waals surface area contributed by atoms with Gasteiger partial charge in [0.25, 0.3) is 5.69 Å². The highest BCUT2D eigenvalue weighted by Gasteiger charge is 2.30. The summed E-state index contributed by atoms with van der Waals surface area (Å²) in [5.74, 6) is 4.59. The Hall–Kier alpha value is -3.63. The van der Waals surface area contributed by atoms with Crippen molar-refractivity contribution in [2.24, 2.45) is 5.14 Å². The van der Waals surface area contributed by atoms with Crippen LogP contribution in [0.25, 0.3) is 0 Å². The lowest BCUT2D eigenvalue weighted by Crippen LogP contribution is -2.25. The van der Waals surface area contributed by atoms with Gasteiger partial charge in [0.05, 0.1) is 21.9 Å². The number of nitrogens with one attached hydrogen (secondary N) is 2. The van der Waals surface area contributed by atoms with Crippen LogP contribution in [0, 0.1) is 22.0 Å². The van der Waals surface area contributed by atoms with Gasteiger partial charge in [0.1, 0.15) is 5.69 Å². The number of benzene rings is 2. The van der Waals surface area contributed by atoms with Crippen LogP contribution in [-0.2, 0) is 21.0 Å². The number of rotatable bonds is 7. The average molecular weight is 470 g/mol. The molecule has 0 heterocycles. The number of sulfonamides is 1. The zero-order valence-electron chi connectivity index (χ0n) is 16.3. The molecule has 0 unspecified atom stereocenters. The van der Waals surface area contributed by atoms with Gasteiger partial charge in [-0.25, -0.2) is 13.6 Å². The monoisotopic (exact) mass is 470 g/mol. The summed E-state index contributed by atoms with van der Waals surface area (Å²) in [5, 5.41) is 21.2. The molecule has 0 aliphatic heterocycles. The molecule has 0 aliphatic carbocycles. The normalized spacial score (nSPS) is 11.2.